The fraction of sp³-hybridized carbons (Fsp3) is 0.500. The van der Waals surface area contributed by atoms with Gasteiger partial charge in [-0.15, -0.1) is 0 Å². The van der Waals surface area contributed by atoms with Crippen molar-refractivity contribution in [2.75, 3.05) is 33.7 Å². The van der Waals surface area contributed by atoms with E-state index in [-0.39, 0.29) is 17.2 Å². The Morgan fingerprint density at radius 1 is 1.25 bits per heavy atom. The Hall–Kier alpha value is -1.95. The lowest BCUT2D eigenvalue weighted by molar-refractivity contribution is 0.0669. The second-order valence-electron chi connectivity index (χ2n) is 4.80. The Morgan fingerprint density at radius 2 is 1.95 bits per heavy atom. The number of likely N-dealkylation sites (N-methyl/N-ethyl adjacent to an activating group) is 1. The molecule has 0 aliphatic rings. The highest BCUT2D eigenvalue weighted by Gasteiger charge is 2.22. The Bertz CT molecular complexity index is 474. The van der Waals surface area contributed by atoms with Crippen molar-refractivity contribution < 1.29 is 14.7 Å². The predicted octanol–water partition coefficient (Wildman–Crippen LogP) is 1.19. The third-order valence-corrected chi connectivity index (χ3v) is 2.84. The highest BCUT2D eigenvalue weighted by atomic mass is 16.4. The van der Waals surface area contributed by atoms with Crippen LogP contribution in [0, 0.1) is 0 Å². The lowest BCUT2D eigenvalue weighted by Crippen LogP contribution is -2.38. The van der Waals surface area contributed by atoms with Crippen molar-refractivity contribution in [2.45, 2.75) is 13.3 Å². The lowest BCUT2D eigenvalue weighted by atomic mass is 10.1. The first-order valence-electron chi connectivity index (χ1n) is 6.59. The summed E-state index contributed by atoms with van der Waals surface area (Å²) < 4.78 is 0. The minimum atomic E-state index is -1.13. The fourth-order valence-electron chi connectivity index (χ4n) is 1.80. The van der Waals surface area contributed by atoms with E-state index in [1.165, 1.54) is 18.3 Å². The van der Waals surface area contributed by atoms with Crippen molar-refractivity contribution in [3.8, 4) is 0 Å². The van der Waals surface area contributed by atoms with Crippen LogP contribution in [-0.4, -0.2) is 65.5 Å². The molecule has 0 radical (unpaired) electrons. The molecule has 0 unspecified atom stereocenters. The lowest BCUT2D eigenvalue weighted by Gasteiger charge is -2.24. The van der Waals surface area contributed by atoms with E-state index in [2.05, 4.69) is 4.98 Å². The van der Waals surface area contributed by atoms with Gasteiger partial charge in [0.25, 0.3) is 5.91 Å². The molecule has 0 atom stereocenters. The van der Waals surface area contributed by atoms with Crippen LogP contribution in [0.5, 0.6) is 0 Å². The summed E-state index contributed by atoms with van der Waals surface area (Å²) in [6, 6.07) is 2.92. The maximum atomic E-state index is 12.5. The van der Waals surface area contributed by atoms with Gasteiger partial charge in [-0.3, -0.25) is 9.78 Å². The van der Waals surface area contributed by atoms with Crippen LogP contribution >= 0.6 is 0 Å². The van der Waals surface area contributed by atoms with E-state index >= 15 is 0 Å². The second-order valence-corrected chi connectivity index (χ2v) is 4.80. The number of hydrogen-bond acceptors (Lipinski definition) is 4. The Morgan fingerprint density at radius 3 is 2.50 bits per heavy atom. The summed E-state index contributed by atoms with van der Waals surface area (Å²) in [7, 11) is 3.86. The van der Waals surface area contributed by atoms with Crippen molar-refractivity contribution in [1.82, 2.24) is 14.8 Å². The number of rotatable bonds is 7. The molecule has 0 aliphatic carbocycles. The monoisotopic (exact) mass is 279 g/mol. The van der Waals surface area contributed by atoms with Crippen molar-refractivity contribution in [3.63, 3.8) is 0 Å². The van der Waals surface area contributed by atoms with Gasteiger partial charge in [0.05, 0.1) is 5.56 Å². The van der Waals surface area contributed by atoms with Gasteiger partial charge in [-0.25, -0.2) is 4.79 Å². The summed E-state index contributed by atoms with van der Waals surface area (Å²) in [5, 5.41) is 9.13. The number of carboxylic acids is 1. The zero-order chi connectivity index (χ0) is 15.1. The first kappa shape index (κ1) is 16.1. The van der Waals surface area contributed by atoms with Crippen LogP contribution in [0.1, 0.15) is 34.2 Å². The van der Waals surface area contributed by atoms with Crippen molar-refractivity contribution in [3.05, 3.63) is 29.6 Å². The van der Waals surface area contributed by atoms with Gasteiger partial charge in [0.1, 0.15) is 5.69 Å². The van der Waals surface area contributed by atoms with Crippen LogP contribution in [0.25, 0.3) is 0 Å². The van der Waals surface area contributed by atoms with E-state index in [1.54, 1.807) is 4.90 Å². The molecule has 1 amide bonds. The highest BCUT2D eigenvalue weighted by Crippen LogP contribution is 2.09. The molecule has 1 rings (SSSR count). The molecule has 1 aromatic heterocycles. The molecule has 0 fully saturated rings. The molecule has 6 nitrogen and oxygen atoms in total. The third-order valence-electron chi connectivity index (χ3n) is 2.84. The number of carbonyl (C=O) groups excluding carboxylic acids is 1. The Balaban J connectivity index is 2.97. The van der Waals surface area contributed by atoms with Crippen LogP contribution < -0.4 is 0 Å². The first-order valence-corrected chi connectivity index (χ1v) is 6.59. The molecular formula is C14H21N3O3. The number of nitrogens with zero attached hydrogens (tertiary/aromatic N) is 3. The highest BCUT2D eigenvalue weighted by molar-refractivity contribution is 6.03. The van der Waals surface area contributed by atoms with Crippen LogP contribution in [-0.2, 0) is 0 Å². The summed E-state index contributed by atoms with van der Waals surface area (Å²) in [5.74, 6) is -1.46. The van der Waals surface area contributed by atoms with E-state index < -0.39 is 5.97 Å². The number of carboxylic acid groups (broad SMARTS) is 1. The summed E-state index contributed by atoms with van der Waals surface area (Å²) in [6.45, 7) is 3.84. The van der Waals surface area contributed by atoms with Gasteiger partial charge in [0.15, 0.2) is 0 Å². The average molecular weight is 279 g/mol. The molecule has 0 spiro atoms. The van der Waals surface area contributed by atoms with Crippen molar-refractivity contribution in [2.24, 2.45) is 0 Å². The Labute approximate surface area is 119 Å². The van der Waals surface area contributed by atoms with Crippen molar-refractivity contribution in [1.29, 1.82) is 0 Å². The minimum Gasteiger partial charge on any atom is -0.478 e. The minimum absolute atomic E-state index is 0.00667. The van der Waals surface area contributed by atoms with Crippen LogP contribution in [0.3, 0.4) is 0 Å². The summed E-state index contributed by atoms with van der Waals surface area (Å²) in [6.07, 6.45) is 2.25. The molecule has 1 aromatic rings. The van der Waals surface area contributed by atoms with E-state index in [0.717, 1.165) is 13.0 Å². The van der Waals surface area contributed by atoms with Gasteiger partial charge in [-0.05, 0) is 32.6 Å². The zero-order valence-corrected chi connectivity index (χ0v) is 12.2. The maximum Gasteiger partial charge on any atom is 0.338 e. The van der Waals surface area contributed by atoms with Crippen LogP contribution in [0.4, 0.5) is 0 Å². The van der Waals surface area contributed by atoms with Gasteiger partial charge in [0, 0.05) is 25.8 Å². The number of amides is 1. The van der Waals surface area contributed by atoms with Crippen LogP contribution in [0.2, 0.25) is 0 Å². The van der Waals surface area contributed by atoms with E-state index in [4.69, 9.17) is 5.11 Å². The van der Waals surface area contributed by atoms with Gasteiger partial charge >= 0.3 is 5.97 Å². The molecule has 1 N–H and O–H groups in total. The number of hydrogen-bond donors (Lipinski definition) is 1. The Kier molecular flexibility index (Phi) is 6.11. The topological polar surface area (TPSA) is 73.7 Å². The van der Waals surface area contributed by atoms with Gasteiger partial charge in [0.2, 0.25) is 0 Å². The standard InChI is InChI=1S/C14H21N3O3/c1-4-8-17(10-9-16(2)3)13(18)12-11(14(19)20)6-5-7-15-12/h5-7H,4,8-10H2,1-3H3,(H,19,20). The quantitative estimate of drug-likeness (QED) is 0.811. The number of carbonyl (C=O) groups is 2. The summed E-state index contributed by atoms with van der Waals surface area (Å²) >= 11 is 0. The van der Waals surface area contributed by atoms with E-state index in [9.17, 15) is 9.59 Å². The smallest absolute Gasteiger partial charge is 0.338 e. The van der Waals surface area contributed by atoms with Gasteiger partial charge < -0.3 is 14.9 Å². The first-order chi connectivity index (χ1) is 9.47. The zero-order valence-electron chi connectivity index (χ0n) is 12.2. The maximum absolute atomic E-state index is 12.5. The van der Waals surface area contributed by atoms with E-state index in [1.807, 2.05) is 25.9 Å². The molecular weight excluding hydrogens is 258 g/mol. The number of aromatic nitrogens is 1. The summed E-state index contributed by atoms with van der Waals surface area (Å²) in [5.41, 5.74) is -0.0457. The molecule has 0 saturated carbocycles. The SMILES string of the molecule is CCCN(CCN(C)C)C(=O)c1ncccc1C(=O)O. The molecule has 6 heteroatoms. The number of aromatic carboxylic acids is 1. The van der Waals surface area contributed by atoms with E-state index in [0.29, 0.717) is 13.1 Å². The van der Waals surface area contributed by atoms with Gasteiger partial charge in [-0.2, -0.15) is 0 Å². The summed E-state index contributed by atoms with van der Waals surface area (Å²) in [4.78, 5) is 31.2. The predicted molar refractivity (Wildman–Crippen MR) is 75.9 cm³/mol. The molecule has 110 valence electrons. The molecule has 1 heterocycles. The fourth-order valence-corrected chi connectivity index (χ4v) is 1.80. The molecule has 0 bridgehead atoms. The number of pyridine rings is 1. The molecule has 0 saturated heterocycles. The largest absolute Gasteiger partial charge is 0.478 e. The van der Waals surface area contributed by atoms with Crippen LogP contribution in [0.15, 0.2) is 18.3 Å². The normalized spacial score (nSPS) is 10.6. The second kappa shape index (κ2) is 7.59. The van der Waals surface area contributed by atoms with Gasteiger partial charge in [-0.1, -0.05) is 6.92 Å². The molecule has 20 heavy (non-hydrogen) atoms. The molecule has 0 aliphatic heterocycles. The van der Waals surface area contributed by atoms with Crippen molar-refractivity contribution >= 4 is 11.9 Å². The third kappa shape index (κ3) is 4.31. The molecule has 0 aromatic carbocycles. The average Bonchev–Trinajstić information content (AvgIpc) is 2.42.